The van der Waals surface area contributed by atoms with E-state index in [4.69, 9.17) is 8.83 Å². The van der Waals surface area contributed by atoms with Crippen LogP contribution in [0.3, 0.4) is 0 Å². The zero-order chi connectivity index (χ0) is 20.1. The van der Waals surface area contributed by atoms with Gasteiger partial charge in [-0.25, -0.2) is 0 Å². The van der Waals surface area contributed by atoms with Crippen molar-refractivity contribution in [3.63, 3.8) is 0 Å². The molecule has 0 bridgehead atoms. The number of phenolic OH excluding ortho intramolecular Hbond substituents is 1. The molecule has 4 aromatic rings. The molecule has 3 heterocycles. The highest BCUT2D eigenvalue weighted by Gasteiger charge is 2.43. The summed E-state index contributed by atoms with van der Waals surface area (Å²) in [4.78, 5) is 28.2. The largest absolute Gasteiger partial charge is 0.508 e. The van der Waals surface area contributed by atoms with Crippen molar-refractivity contribution in [3.8, 4) is 5.75 Å². The molecule has 29 heavy (non-hydrogen) atoms. The van der Waals surface area contributed by atoms with E-state index in [1.54, 1.807) is 48.5 Å². The van der Waals surface area contributed by atoms with Crippen LogP contribution in [0.25, 0.3) is 11.0 Å². The van der Waals surface area contributed by atoms with Crippen LogP contribution in [0.2, 0.25) is 0 Å². The van der Waals surface area contributed by atoms with Crippen LogP contribution >= 0.6 is 0 Å². The fourth-order valence-corrected chi connectivity index (χ4v) is 3.91. The van der Waals surface area contributed by atoms with Crippen LogP contribution in [0.4, 0.5) is 0 Å². The third-order valence-electron chi connectivity index (χ3n) is 5.21. The number of fused-ring (bicyclic) bond motifs is 2. The summed E-state index contributed by atoms with van der Waals surface area (Å²) in [7, 11) is 0. The van der Waals surface area contributed by atoms with Gasteiger partial charge in [0.25, 0.3) is 5.91 Å². The molecule has 1 aliphatic rings. The van der Waals surface area contributed by atoms with Crippen molar-refractivity contribution in [3.05, 3.63) is 99.3 Å². The Bertz CT molecular complexity index is 1300. The number of phenols is 1. The van der Waals surface area contributed by atoms with Crippen LogP contribution in [0.15, 0.2) is 74.5 Å². The van der Waals surface area contributed by atoms with Crippen LogP contribution in [0, 0.1) is 6.92 Å². The van der Waals surface area contributed by atoms with Crippen molar-refractivity contribution in [2.45, 2.75) is 19.5 Å². The topological polar surface area (TPSA) is 83.9 Å². The number of hydrogen-bond acceptors (Lipinski definition) is 5. The number of carbonyl (C=O) groups is 1. The molecule has 1 N–H and O–H groups in total. The first-order valence-corrected chi connectivity index (χ1v) is 9.22. The molecule has 1 unspecified atom stereocenters. The Labute approximate surface area is 165 Å². The van der Waals surface area contributed by atoms with Crippen LogP contribution in [-0.2, 0) is 6.54 Å². The first-order chi connectivity index (χ1) is 14.0. The number of nitrogens with zero attached hydrogens (tertiary/aromatic N) is 1. The minimum absolute atomic E-state index is 0.0336. The second kappa shape index (κ2) is 6.38. The molecule has 0 fully saturated rings. The van der Waals surface area contributed by atoms with E-state index in [2.05, 4.69) is 0 Å². The van der Waals surface area contributed by atoms with Gasteiger partial charge in [-0.1, -0.05) is 23.8 Å². The smallest absolute Gasteiger partial charge is 0.291 e. The van der Waals surface area contributed by atoms with Crippen LogP contribution in [0.1, 0.15) is 39.0 Å². The lowest BCUT2D eigenvalue weighted by molar-refractivity contribution is 0.0701. The molecule has 2 aromatic carbocycles. The Morgan fingerprint density at radius 3 is 2.69 bits per heavy atom. The van der Waals surface area contributed by atoms with Gasteiger partial charge < -0.3 is 18.8 Å². The number of rotatable bonds is 3. The highest BCUT2D eigenvalue weighted by Crippen LogP contribution is 2.39. The Hall–Kier alpha value is -3.80. The van der Waals surface area contributed by atoms with E-state index < -0.39 is 6.04 Å². The van der Waals surface area contributed by atoms with Gasteiger partial charge in [0.05, 0.1) is 29.8 Å². The molecular weight excluding hydrogens is 370 g/mol. The number of benzene rings is 2. The van der Waals surface area contributed by atoms with Gasteiger partial charge in [-0.05, 0) is 48.9 Å². The summed E-state index contributed by atoms with van der Waals surface area (Å²) in [6.07, 6.45) is 1.53. The second-order valence-corrected chi connectivity index (χ2v) is 7.18. The molecule has 0 radical (unpaired) electrons. The average molecular weight is 387 g/mol. The van der Waals surface area contributed by atoms with Crippen molar-refractivity contribution in [2.24, 2.45) is 0 Å². The third-order valence-corrected chi connectivity index (χ3v) is 5.21. The maximum Gasteiger partial charge on any atom is 0.291 e. The summed E-state index contributed by atoms with van der Waals surface area (Å²) >= 11 is 0. The standard InChI is InChI=1S/C23H17NO5/c1-13-7-8-18-17(10-13)21(26)19-20(14-4-2-5-15(25)11-14)24(23(27)22(19)29-18)12-16-6-3-9-28-16/h2-11,20,25H,12H2,1H3. The first kappa shape index (κ1) is 17.3. The summed E-state index contributed by atoms with van der Waals surface area (Å²) in [5.41, 5.74) is 1.97. The predicted molar refractivity (Wildman–Crippen MR) is 106 cm³/mol. The summed E-state index contributed by atoms with van der Waals surface area (Å²) in [6, 6.07) is 14.7. The van der Waals surface area contributed by atoms with Crippen LogP contribution < -0.4 is 5.43 Å². The maximum atomic E-state index is 13.4. The molecule has 1 aliphatic heterocycles. The highest BCUT2D eigenvalue weighted by atomic mass is 16.4. The second-order valence-electron chi connectivity index (χ2n) is 7.18. The third kappa shape index (κ3) is 2.72. The average Bonchev–Trinajstić information content (AvgIpc) is 3.31. The van der Waals surface area contributed by atoms with E-state index in [-0.39, 0.29) is 35.0 Å². The molecule has 0 saturated carbocycles. The maximum absolute atomic E-state index is 13.4. The van der Waals surface area contributed by atoms with Gasteiger partial charge in [-0.2, -0.15) is 0 Å². The summed E-state index contributed by atoms with van der Waals surface area (Å²) in [5, 5.41) is 10.4. The van der Waals surface area contributed by atoms with Crippen molar-refractivity contribution in [1.29, 1.82) is 0 Å². The normalized spacial score (nSPS) is 15.8. The van der Waals surface area contributed by atoms with E-state index in [0.29, 0.717) is 22.3 Å². The molecule has 0 spiro atoms. The molecule has 2 aromatic heterocycles. The lowest BCUT2D eigenvalue weighted by Gasteiger charge is -2.24. The molecule has 0 saturated heterocycles. The van der Waals surface area contributed by atoms with E-state index in [1.165, 1.54) is 11.2 Å². The lowest BCUT2D eigenvalue weighted by atomic mass is 9.98. The van der Waals surface area contributed by atoms with Gasteiger partial charge in [0.15, 0.2) is 5.43 Å². The number of carbonyl (C=O) groups excluding carboxylic acids is 1. The number of aromatic hydroxyl groups is 1. The molecule has 0 aliphatic carbocycles. The van der Waals surface area contributed by atoms with Crippen LogP contribution in [-0.4, -0.2) is 15.9 Å². The predicted octanol–water partition coefficient (Wildman–Crippen LogP) is 4.15. The van der Waals surface area contributed by atoms with E-state index in [9.17, 15) is 14.7 Å². The van der Waals surface area contributed by atoms with Crippen molar-refractivity contribution in [2.75, 3.05) is 0 Å². The molecular formula is C23H17NO5. The zero-order valence-corrected chi connectivity index (χ0v) is 15.6. The molecule has 1 amide bonds. The van der Waals surface area contributed by atoms with Gasteiger partial charge in [0.1, 0.15) is 17.1 Å². The number of aryl methyl sites for hydroxylation is 1. The minimum atomic E-state index is -0.684. The van der Waals surface area contributed by atoms with E-state index in [1.807, 2.05) is 13.0 Å². The highest BCUT2D eigenvalue weighted by molar-refractivity contribution is 5.99. The fraction of sp³-hybridized carbons (Fsp3) is 0.130. The van der Waals surface area contributed by atoms with Crippen molar-refractivity contribution >= 4 is 16.9 Å². The van der Waals surface area contributed by atoms with Gasteiger partial charge in [-0.3, -0.25) is 9.59 Å². The minimum Gasteiger partial charge on any atom is -0.508 e. The lowest BCUT2D eigenvalue weighted by Crippen LogP contribution is -2.29. The molecule has 1 atom stereocenters. The molecule has 5 rings (SSSR count). The SMILES string of the molecule is Cc1ccc2oc3c(c(=O)c2c1)C(c1cccc(O)c1)N(Cc1ccco1)C3=O. The number of hydrogen-bond donors (Lipinski definition) is 1. The summed E-state index contributed by atoms with van der Waals surface area (Å²) < 4.78 is 11.3. The summed E-state index contributed by atoms with van der Waals surface area (Å²) in [5.74, 6) is 0.294. The monoisotopic (exact) mass is 387 g/mol. The van der Waals surface area contributed by atoms with E-state index >= 15 is 0 Å². The summed E-state index contributed by atoms with van der Waals surface area (Å²) in [6.45, 7) is 2.07. The Balaban J connectivity index is 1.77. The Kier molecular flexibility index (Phi) is 3.81. The van der Waals surface area contributed by atoms with Gasteiger partial charge >= 0.3 is 0 Å². The van der Waals surface area contributed by atoms with E-state index in [0.717, 1.165) is 5.56 Å². The Morgan fingerprint density at radius 1 is 1.07 bits per heavy atom. The fourth-order valence-electron chi connectivity index (χ4n) is 3.91. The zero-order valence-electron chi connectivity index (χ0n) is 15.6. The van der Waals surface area contributed by atoms with Gasteiger partial charge in [0.2, 0.25) is 5.76 Å². The molecule has 6 nitrogen and oxygen atoms in total. The number of amides is 1. The van der Waals surface area contributed by atoms with Crippen molar-refractivity contribution in [1.82, 2.24) is 4.90 Å². The van der Waals surface area contributed by atoms with Crippen molar-refractivity contribution < 1.29 is 18.7 Å². The molecule has 6 heteroatoms. The van der Waals surface area contributed by atoms with Gasteiger partial charge in [0, 0.05) is 0 Å². The van der Waals surface area contributed by atoms with Gasteiger partial charge in [-0.15, -0.1) is 0 Å². The van der Waals surface area contributed by atoms with Crippen LogP contribution in [0.5, 0.6) is 5.75 Å². The first-order valence-electron chi connectivity index (χ1n) is 9.22. The Morgan fingerprint density at radius 2 is 1.93 bits per heavy atom. The molecule has 144 valence electrons. The quantitative estimate of drug-likeness (QED) is 0.571. The number of furan rings is 1.